The Hall–Kier alpha value is -0.0800. The van der Waals surface area contributed by atoms with E-state index in [1.807, 2.05) is 0 Å². The zero-order chi connectivity index (χ0) is 9.68. The minimum Gasteiger partial charge on any atom is -0.330 e. The molecule has 0 heterocycles. The summed E-state index contributed by atoms with van der Waals surface area (Å²) in [7, 11) is 2.27. The predicted octanol–water partition coefficient (Wildman–Crippen LogP) is 1.85. The lowest BCUT2D eigenvalue weighted by Gasteiger charge is -2.36. The van der Waals surface area contributed by atoms with Crippen LogP contribution in [0, 0.1) is 5.92 Å². The third-order valence-corrected chi connectivity index (χ3v) is 3.20. The van der Waals surface area contributed by atoms with E-state index in [1.165, 1.54) is 38.6 Å². The second-order valence-electron chi connectivity index (χ2n) is 4.56. The zero-order valence-electron chi connectivity index (χ0n) is 9.13. The highest BCUT2D eigenvalue weighted by Gasteiger charge is 2.22. The predicted molar refractivity (Wildman–Crippen MR) is 57.7 cm³/mol. The molecule has 0 aromatic carbocycles. The molecule has 0 saturated heterocycles. The summed E-state index contributed by atoms with van der Waals surface area (Å²) in [6.45, 7) is 4.44. The van der Waals surface area contributed by atoms with Crippen LogP contribution in [0.3, 0.4) is 0 Å². The Morgan fingerprint density at radius 2 is 2.15 bits per heavy atom. The van der Waals surface area contributed by atoms with Gasteiger partial charge in [-0.2, -0.15) is 0 Å². The smallest absolute Gasteiger partial charge is 0.00923 e. The van der Waals surface area contributed by atoms with Crippen LogP contribution in [0.25, 0.3) is 0 Å². The van der Waals surface area contributed by atoms with Gasteiger partial charge in [-0.3, -0.25) is 0 Å². The maximum Gasteiger partial charge on any atom is 0.00923 e. The molecule has 13 heavy (non-hydrogen) atoms. The van der Waals surface area contributed by atoms with E-state index in [0.717, 1.165) is 18.5 Å². The van der Waals surface area contributed by atoms with Crippen molar-refractivity contribution in [3.05, 3.63) is 0 Å². The summed E-state index contributed by atoms with van der Waals surface area (Å²) in [6, 6.07) is 0.889. The molecule has 0 aromatic rings. The van der Waals surface area contributed by atoms with Crippen LogP contribution in [0.5, 0.6) is 0 Å². The average Bonchev–Trinajstić information content (AvgIpc) is 1.97. The molecule has 2 N–H and O–H groups in total. The number of rotatable bonds is 6. The zero-order valence-corrected chi connectivity index (χ0v) is 9.13. The molecule has 0 aromatic heterocycles. The first-order chi connectivity index (χ1) is 6.24. The summed E-state index contributed by atoms with van der Waals surface area (Å²) in [5, 5.41) is 0. The van der Waals surface area contributed by atoms with Gasteiger partial charge in [-0.1, -0.05) is 13.3 Å². The molecule has 1 saturated carbocycles. The Balaban J connectivity index is 2.07. The van der Waals surface area contributed by atoms with Gasteiger partial charge in [0.15, 0.2) is 0 Å². The Morgan fingerprint density at radius 1 is 1.46 bits per heavy atom. The van der Waals surface area contributed by atoms with Gasteiger partial charge < -0.3 is 10.6 Å². The minimum absolute atomic E-state index is 0.814. The first-order valence-electron chi connectivity index (χ1n) is 5.64. The second-order valence-corrected chi connectivity index (χ2v) is 4.56. The molecule has 1 unspecified atom stereocenters. The van der Waals surface area contributed by atoms with Crippen LogP contribution < -0.4 is 5.73 Å². The van der Waals surface area contributed by atoms with E-state index in [9.17, 15) is 0 Å². The molecule has 0 amide bonds. The van der Waals surface area contributed by atoms with Gasteiger partial charge in [0.05, 0.1) is 0 Å². The first kappa shape index (κ1) is 11.0. The Kier molecular flexibility index (Phi) is 4.74. The number of nitrogens with zero attached hydrogens (tertiary/aromatic N) is 1. The molecule has 0 spiro atoms. The van der Waals surface area contributed by atoms with Crippen LogP contribution in [0.1, 0.15) is 39.0 Å². The molecule has 1 aliphatic rings. The van der Waals surface area contributed by atoms with E-state index in [2.05, 4.69) is 18.9 Å². The summed E-state index contributed by atoms with van der Waals surface area (Å²) in [5.74, 6) is 0.814. The molecule has 2 nitrogen and oxygen atoms in total. The quantitative estimate of drug-likeness (QED) is 0.682. The minimum atomic E-state index is 0.814. The van der Waals surface area contributed by atoms with Gasteiger partial charge in [0.2, 0.25) is 0 Å². The summed E-state index contributed by atoms with van der Waals surface area (Å²) < 4.78 is 0. The van der Waals surface area contributed by atoms with Gasteiger partial charge in [-0.25, -0.2) is 0 Å². The molecule has 1 fully saturated rings. The van der Waals surface area contributed by atoms with Crippen molar-refractivity contribution in [1.82, 2.24) is 4.90 Å². The molecule has 1 atom stereocenters. The Morgan fingerprint density at radius 3 is 2.62 bits per heavy atom. The normalized spacial score (nSPS) is 20.3. The van der Waals surface area contributed by atoms with Crippen LogP contribution in [0.15, 0.2) is 0 Å². The summed E-state index contributed by atoms with van der Waals surface area (Å²) >= 11 is 0. The van der Waals surface area contributed by atoms with Gasteiger partial charge in [-0.05, 0) is 45.2 Å². The molecule has 1 rings (SSSR count). The lowest BCUT2D eigenvalue weighted by Crippen LogP contribution is -2.39. The van der Waals surface area contributed by atoms with E-state index in [0.29, 0.717) is 0 Å². The van der Waals surface area contributed by atoms with Crippen LogP contribution in [-0.2, 0) is 0 Å². The number of hydrogen-bond acceptors (Lipinski definition) is 2. The van der Waals surface area contributed by atoms with Crippen molar-refractivity contribution in [3.63, 3.8) is 0 Å². The molecule has 0 radical (unpaired) electrons. The van der Waals surface area contributed by atoms with Gasteiger partial charge >= 0.3 is 0 Å². The van der Waals surface area contributed by atoms with Crippen LogP contribution in [-0.4, -0.2) is 31.1 Å². The SMILES string of the molecule is CC(CCCN)CN(C)C1CCC1. The van der Waals surface area contributed by atoms with E-state index < -0.39 is 0 Å². The van der Waals surface area contributed by atoms with E-state index >= 15 is 0 Å². The maximum atomic E-state index is 5.49. The van der Waals surface area contributed by atoms with Crippen LogP contribution in [0.2, 0.25) is 0 Å². The van der Waals surface area contributed by atoms with Crippen molar-refractivity contribution in [1.29, 1.82) is 0 Å². The second kappa shape index (κ2) is 5.61. The van der Waals surface area contributed by atoms with Crippen molar-refractivity contribution in [3.8, 4) is 0 Å². The van der Waals surface area contributed by atoms with Crippen molar-refractivity contribution >= 4 is 0 Å². The lowest BCUT2D eigenvalue weighted by molar-refractivity contribution is 0.139. The van der Waals surface area contributed by atoms with E-state index in [1.54, 1.807) is 0 Å². The molecule has 1 aliphatic carbocycles. The van der Waals surface area contributed by atoms with Crippen LogP contribution in [0.4, 0.5) is 0 Å². The maximum absolute atomic E-state index is 5.49. The fourth-order valence-electron chi connectivity index (χ4n) is 2.03. The van der Waals surface area contributed by atoms with Crippen molar-refractivity contribution in [2.75, 3.05) is 20.1 Å². The summed E-state index contributed by atoms with van der Waals surface area (Å²) in [4.78, 5) is 2.53. The number of hydrogen-bond donors (Lipinski definition) is 1. The van der Waals surface area contributed by atoms with Gasteiger partial charge in [0.25, 0.3) is 0 Å². The van der Waals surface area contributed by atoms with Crippen LogP contribution >= 0.6 is 0 Å². The third-order valence-electron chi connectivity index (χ3n) is 3.20. The fourth-order valence-corrected chi connectivity index (χ4v) is 2.03. The van der Waals surface area contributed by atoms with Crippen molar-refractivity contribution in [2.24, 2.45) is 11.7 Å². The highest BCUT2D eigenvalue weighted by atomic mass is 15.1. The molecular formula is C11H24N2. The average molecular weight is 184 g/mol. The Labute approximate surface area is 82.5 Å². The standard InChI is InChI=1S/C11H24N2/c1-10(5-4-8-12)9-13(2)11-6-3-7-11/h10-11H,3-9,12H2,1-2H3. The molecule has 0 aliphatic heterocycles. The molecule has 0 bridgehead atoms. The van der Waals surface area contributed by atoms with Crippen molar-refractivity contribution < 1.29 is 0 Å². The largest absolute Gasteiger partial charge is 0.330 e. The summed E-state index contributed by atoms with van der Waals surface area (Å²) in [5.41, 5.74) is 5.49. The van der Waals surface area contributed by atoms with E-state index in [-0.39, 0.29) is 0 Å². The van der Waals surface area contributed by atoms with Gasteiger partial charge in [0, 0.05) is 12.6 Å². The number of nitrogens with two attached hydrogens (primary N) is 1. The van der Waals surface area contributed by atoms with Crippen molar-refractivity contribution in [2.45, 2.75) is 45.1 Å². The monoisotopic (exact) mass is 184 g/mol. The van der Waals surface area contributed by atoms with Gasteiger partial charge in [0.1, 0.15) is 0 Å². The third kappa shape index (κ3) is 3.65. The lowest BCUT2D eigenvalue weighted by atomic mass is 9.91. The van der Waals surface area contributed by atoms with Gasteiger partial charge in [-0.15, -0.1) is 0 Å². The Bertz CT molecular complexity index is 132. The van der Waals surface area contributed by atoms with E-state index in [4.69, 9.17) is 5.73 Å². The highest BCUT2D eigenvalue weighted by molar-refractivity contribution is 4.78. The summed E-state index contributed by atoms with van der Waals surface area (Å²) in [6.07, 6.45) is 6.74. The molecular weight excluding hydrogens is 160 g/mol. The first-order valence-corrected chi connectivity index (χ1v) is 5.64. The highest BCUT2D eigenvalue weighted by Crippen LogP contribution is 2.24. The topological polar surface area (TPSA) is 29.3 Å². The molecule has 2 heteroatoms. The fraction of sp³-hybridized carbons (Fsp3) is 1.00. The molecule has 78 valence electrons.